The summed E-state index contributed by atoms with van der Waals surface area (Å²) in [6.45, 7) is 0. The third-order valence-corrected chi connectivity index (χ3v) is 4.65. The van der Waals surface area contributed by atoms with Gasteiger partial charge in [0.25, 0.3) is 0 Å². The molecular formula is C21H18O12. The number of carbonyl (C=O) groups is 2. The number of ether oxygens (including phenoxy) is 1. The number of aliphatic hydroxyl groups is 4. The maximum Gasteiger partial charge on any atom is 0.343 e. The molecule has 0 fully saturated rings. The predicted octanol–water partition coefficient (Wildman–Crippen LogP) is -0.875. The van der Waals surface area contributed by atoms with Crippen LogP contribution in [0.2, 0.25) is 0 Å². The molecule has 0 aliphatic rings. The monoisotopic (exact) mass is 462 g/mol. The first-order chi connectivity index (χ1) is 15.5. The van der Waals surface area contributed by atoms with Gasteiger partial charge in [-0.1, -0.05) is 0 Å². The van der Waals surface area contributed by atoms with E-state index in [-0.39, 0.29) is 23.2 Å². The Labute approximate surface area is 183 Å². The fraction of sp³-hybridized carbons (Fsp3) is 0.190. The fourth-order valence-electron chi connectivity index (χ4n) is 2.93. The Bertz CT molecular complexity index is 1250. The van der Waals surface area contributed by atoms with Crippen molar-refractivity contribution in [1.29, 1.82) is 0 Å². The van der Waals surface area contributed by atoms with Crippen LogP contribution in [-0.2, 0) is 9.59 Å². The largest absolute Gasteiger partial charge is 0.508 e. The molecule has 0 bridgehead atoms. The lowest BCUT2D eigenvalue weighted by atomic mass is 10.0. The molecule has 12 heteroatoms. The fourth-order valence-corrected chi connectivity index (χ4v) is 2.93. The summed E-state index contributed by atoms with van der Waals surface area (Å²) in [5.41, 5.74) is -1.28. The van der Waals surface area contributed by atoms with Gasteiger partial charge in [-0.25, -0.2) is 4.79 Å². The quantitative estimate of drug-likeness (QED) is 0.168. The average Bonchev–Trinajstić information content (AvgIpc) is 2.78. The summed E-state index contributed by atoms with van der Waals surface area (Å²) in [6, 6.07) is 6.87. The summed E-state index contributed by atoms with van der Waals surface area (Å²) in [5.74, 6) is -4.19. The van der Waals surface area contributed by atoms with E-state index in [1.54, 1.807) is 0 Å². The van der Waals surface area contributed by atoms with Crippen molar-refractivity contribution in [3.05, 3.63) is 46.6 Å². The van der Waals surface area contributed by atoms with E-state index in [4.69, 9.17) is 9.15 Å². The van der Waals surface area contributed by atoms with E-state index in [0.717, 1.165) is 12.1 Å². The number of fused-ring (bicyclic) bond motifs is 1. The van der Waals surface area contributed by atoms with Crippen molar-refractivity contribution in [2.45, 2.75) is 24.4 Å². The summed E-state index contributed by atoms with van der Waals surface area (Å²) in [4.78, 5) is 36.0. The van der Waals surface area contributed by atoms with Crippen molar-refractivity contribution in [1.82, 2.24) is 0 Å². The Morgan fingerprint density at radius 1 is 0.939 bits per heavy atom. The zero-order chi connectivity index (χ0) is 24.4. The van der Waals surface area contributed by atoms with Gasteiger partial charge in [-0.05, 0) is 24.3 Å². The molecule has 0 saturated heterocycles. The highest BCUT2D eigenvalue weighted by Gasteiger charge is 2.36. The Balaban J connectivity index is 2.12. The molecule has 0 spiro atoms. The number of carbonyl (C=O) groups excluding carboxylic acids is 2. The highest BCUT2D eigenvalue weighted by molar-refractivity contribution is 5.89. The minimum Gasteiger partial charge on any atom is -0.508 e. The molecule has 12 nitrogen and oxygen atoms in total. The van der Waals surface area contributed by atoms with Gasteiger partial charge >= 0.3 is 5.97 Å². The third kappa shape index (κ3) is 4.63. The van der Waals surface area contributed by atoms with Crippen LogP contribution in [-0.4, -0.2) is 72.4 Å². The van der Waals surface area contributed by atoms with E-state index in [9.17, 15) is 50.1 Å². The van der Waals surface area contributed by atoms with Crippen molar-refractivity contribution < 1.29 is 54.5 Å². The zero-order valence-corrected chi connectivity index (χ0v) is 16.5. The maximum absolute atomic E-state index is 13.0. The lowest BCUT2D eigenvalue weighted by molar-refractivity contribution is -0.161. The van der Waals surface area contributed by atoms with Gasteiger partial charge in [-0.3, -0.25) is 4.79 Å². The molecule has 0 aliphatic carbocycles. The number of benzene rings is 2. The second-order valence-corrected chi connectivity index (χ2v) is 6.95. The zero-order valence-electron chi connectivity index (χ0n) is 16.5. The maximum atomic E-state index is 13.0. The molecule has 0 radical (unpaired) electrons. The van der Waals surface area contributed by atoms with Gasteiger partial charge in [-0.15, -0.1) is 0 Å². The minimum atomic E-state index is -2.51. The Kier molecular flexibility index (Phi) is 6.65. The van der Waals surface area contributed by atoms with Crippen molar-refractivity contribution in [2.75, 3.05) is 0 Å². The number of aldehydes is 1. The number of esters is 1. The first-order valence-corrected chi connectivity index (χ1v) is 9.26. The van der Waals surface area contributed by atoms with Crippen LogP contribution in [0.3, 0.4) is 0 Å². The van der Waals surface area contributed by atoms with Crippen LogP contribution in [0.1, 0.15) is 0 Å². The summed E-state index contributed by atoms with van der Waals surface area (Å²) in [5, 5.41) is 67.5. The van der Waals surface area contributed by atoms with Gasteiger partial charge in [0, 0.05) is 17.7 Å². The first-order valence-electron chi connectivity index (χ1n) is 9.26. The van der Waals surface area contributed by atoms with Gasteiger partial charge in [0.15, 0.2) is 18.2 Å². The number of phenolic OH excluding ortho intramolecular Hbond substituents is 3. The molecule has 0 amide bonds. The Morgan fingerprint density at radius 3 is 2.18 bits per heavy atom. The Morgan fingerprint density at radius 2 is 1.58 bits per heavy atom. The van der Waals surface area contributed by atoms with Gasteiger partial charge in [0.1, 0.15) is 46.5 Å². The van der Waals surface area contributed by atoms with Crippen LogP contribution >= 0.6 is 0 Å². The van der Waals surface area contributed by atoms with Crippen molar-refractivity contribution in [2.24, 2.45) is 0 Å². The molecule has 2 aromatic carbocycles. The molecule has 0 aliphatic heterocycles. The van der Waals surface area contributed by atoms with E-state index in [1.807, 2.05) is 0 Å². The average molecular weight is 462 g/mol. The van der Waals surface area contributed by atoms with Gasteiger partial charge in [-0.2, -0.15) is 0 Å². The normalized spacial score (nSPS) is 14.9. The minimum absolute atomic E-state index is 0.101. The summed E-state index contributed by atoms with van der Waals surface area (Å²) in [6.07, 6.45) is -9.38. The molecule has 3 aromatic rings. The lowest BCUT2D eigenvalue weighted by Crippen LogP contribution is -2.49. The molecule has 4 atom stereocenters. The molecule has 174 valence electrons. The van der Waals surface area contributed by atoms with Crippen LogP contribution in [0.4, 0.5) is 0 Å². The van der Waals surface area contributed by atoms with Crippen molar-refractivity contribution in [3.63, 3.8) is 0 Å². The number of rotatable bonds is 7. The number of hydrogen-bond donors (Lipinski definition) is 7. The highest BCUT2D eigenvalue weighted by atomic mass is 16.6. The van der Waals surface area contributed by atoms with Crippen LogP contribution in [0.25, 0.3) is 22.3 Å². The SMILES string of the molecule is O=C[C@H](O)[C@@H](O)[C@H](O)[C@H](O)C(=O)Oc1c(-c2ccc(O)cc2)oc2cc(O)cc(O)c2c1=O. The van der Waals surface area contributed by atoms with E-state index in [2.05, 4.69) is 0 Å². The number of hydrogen-bond acceptors (Lipinski definition) is 12. The summed E-state index contributed by atoms with van der Waals surface area (Å²) in [7, 11) is 0. The number of aromatic hydroxyl groups is 3. The Hall–Kier alpha value is -3.97. The second kappa shape index (κ2) is 9.26. The molecule has 1 heterocycles. The molecule has 33 heavy (non-hydrogen) atoms. The van der Waals surface area contributed by atoms with E-state index in [0.29, 0.717) is 0 Å². The molecule has 0 saturated carbocycles. The van der Waals surface area contributed by atoms with E-state index in [1.165, 1.54) is 24.3 Å². The standard InChI is InChI=1S/C21H18O12/c22-7-12(26)15(27)17(29)18(30)21(31)33-20-16(28)14-11(25)5-10(24)6-13(14)32-19(20)8-1-3-9(23)4-2-8/h1-7,12,15,17-18,23-27,29-30H/t12-,15+,17-,18-/m0/s1. The van der Waals surface area contributed by atoms with Crippen molar-refractivity contribution in [3.8, 4) is 34.3 Å². The number of aliphatic hydroxyl groups excluding tert-OH is 4. The topological polar surface area (TPSA) is 215 Å². The number of phenols is 3. The molecular weight excluding hydrogens is 444 g/mol. The molecule has 0 unspecified atom stereocenters. The van der Waals surface area contributed by atoms with Gasteiger partial charge < -0.3 is 49.7 Å². The lowest BCUT2D eigenvalue weighted by Gasteiger charge is -2.23. The van der Waals surface area contributed by atoms with E-state index < -0.39 is 64.2 Å². The predicted molar refractivity (Wildman–Crippen MR) is 109 cm³/mol. The molecule has 3 rings (SSSR count). The smallest absolute Gasteiger partial charge is 0.343 e. The highest BCUT2D eigenvalue weighted by Crippen LogP contribution is 2.36. The summed E-state index contributed by atoms with van der Waals surface area (Å²) >= 11 is 0. The van der Waals surface area contributed by atoms with Crippen LogP contribution in [0.15, 0.2) is 45.6 Å². The van der Waals surface area contributed by atoms with E-state index >= 15 is 0 Å². The first kappa shape index (κ1) is 23.7. The third-order valence-electron chi connectivity index (χ3n) is 4.65. The molecule has 1 aromatic heterocycles. The van der Waals surface area contributed by atoms with Gasteiger partial charge in [0.05, 0.1) is 0 Å². The van der Waals surface area contributed by atoms with Crippen LogP contribution < -0.4 is 10.2 Å². The second-order valence-electron chi connectivity index (χ2n) is 6.95. The van der Waals surface area contributed by atoms with Crippen molar-refractivity contribution >= 4 is 23.2 Å². The molecule has 7 N–H and O–H groups in total. The van der Waals surface area contributed by atoms with Gasteiger partial charge in [0.2, 0.25) is 11.2 Å². The summed E-state index contributed by atoms with van der Waals surface area (Å²) < 4.78 is 10.5. The van der Waals surface area contributed by atoms with Crippen LogP contribution in [0, 0.1) is 0 Å². The van der Waals surface area contributed by atoms with Crippen LogP contribution in [0.5, 0.6) is 23.0 Å².